The zero-order valence-corrected chi connectivity index (χ0v) is 22.2. The average molecular weight is 581 g/mol. The van der Waals surface area contributed by atoms with E-state index in [1.807, 2.05) is 0 Å². The predicted molar refractivity (Wildman–Crippen MR) is 142 cm³/mol. The summed E-state index contributed by atoms with van der Waals surface area (Å²) in [5.74, 6) is -4.92. The average Bonchev–Trinajstić information content (AvgIpc) is 3.19. The van der Waals surface area contributed by atoms with Crippen LogP contribution in [0.5, 0.6) is 17.2 Å². The van der Waals surface area contributed by atoms with Crippen molar-refractivity contribution in [2.24, 2.45) is 0 Å². The monoisotopic (exact) mass is 581 g/mol. The molecule has 0 fully saturated rings. The third kappa shape index (κ3) is 5.48. The summed E-state index contributed by atoms with van der Waals surface area (Å²) in [4.78, 5) is 52.3. The Kier molecular flexibility index (Phi) is 7.57. The smallest absolute Gasteiger partial charge is 0.449 e. The topological polar surface area (TPSA) is 112 Å². The number of amides is 2. The fraction of sp³-hybridized carbons (Fsp3) is 0.200. The summed E-state index contributed by atoms with van der Waals surface area (Å²) in [6, 6.07) is 13.2. The van der Waals surface area contributed by atoms with E-state index in [-0.39, 0.29) is 40.1 Å². The molecule has 2 amide bonds. The molecule has 0 spiro atoms. The Labute approximate surface area is 236 Å². The number of nitrogens with zero attached hydrogens (tertiary/aromatic N) is 1. The third-order valence-corrected chi connectivity index (χ3v) is 6.47. The van der Waals surface area contributed by atoms with E-state index in [1.54, 1.807) is 19.1 Å². The molecule has 5 rings (SSSR count). The van der Waals surface area contributed by atoms with E-state index < -0.39 is 46.5 Å². The summed E-state index contributed by atoms with van der Waals surface area (Å²) >= 11 is 0. The molecule has 3 aromatic carbocycles. The Morgan fingerprint density at radius 1 is 0.905 bits per heavy atom. The van der Waals surface area contributed by atoms with Gasteiger partial charge in [0.2, 0.25) is 11.2 Å². The molecule has 1 aliphatic rings. The number of alkyl halides is 3. The van der Waals surface area contributed by atoms with Gasteiger partial charge in [0.1, 0.15) is 17.1 Å². The fourth-order valence-electron chi connectivity index (χ4n) is 4.38. The highest BCUT2D eigenvalue weighted by atomic mass is 19.4. The molecule has 0 N–H and O–H groups in total. The Morgan fingerprint density at radius 3 is 2.29 bits per heavy atom. The number of esters is 1. The number of carbonyl (C=O) groups excluding carboxylic acids is 3. The number of imide groups is 1. The van der Waals surface area contributed by atoms with Gasteiger partial charge in [-0.1, -0.05) is 17.7 Å². The first-order valence-corrected chi connectivity index (χ1v) is 12.6. The molecule has 1 aliphatic heterocycles. The molecule has 0 saturated carbocycles. The van der Waals surface area contributed by atoms with Crippen molar-refractivity contribution in [2.45, 2.75) is 19.5 Å². The minimum Gasteiger partial charge on any atom is -0.449 e. The highest BCUT2D eigenvalue weighted by molar-refractivity contribution is 6.22. The second-order valence-corrected chi connectivity index (χ2v) is 9.42. The van der Waals surface area contributed by atoms with Gasteiger partial charge >= 0.3 is 12.1 Å². The standard InChI is InChI=1S/C30H22F3NO8/c1-16-4-7-18(8-5-16)40-25-24(35)21-11-9-19(15-23(21)42-26(25)30(31,32)33)41-29(38)17-6-10-20-22(14-17)28(37)34(27(20)36)12-3-13-39-2/h4-11,14-15H,3,12-13H2,1-2H3. The molecule has 2 heterocycles. The first-order chi connectivity index (χ1) is 20.0. The first-order valence-electron chi connectivity index (χ1n) is 12.6. The van der Waals surface area contributed by atoms with Gasteiger partial charge in [-0.3, -0.25) is 19.3 Å². The lowest BCUT2D eigenvalue weighted by atomic mass is 10.1. The summed E-state index contributed by atoms with van der Waals surface area (Å²) in [7, 11) is 1.50. The molecule has 216 valence electrons. The van der Waals surface area contributed by atoms with Gasteiger partial charge in [-0.2, -0.15) is 13.2 Å². The first kappa shape index (κ1) is 28.6. The molecule has 42 heavy (non-hydrogen) atoms. The molecule has 0 unspecified atom stereocenters. The number of halogens is 3. The van der Waals surface area contributed by atoms with Gasteiger partial charge in [0, 0.05) is 26.3 Å². The van der Waals surface area contributed by atoms with E-state index >= 15 is 0 Å². The molecule has 12 heteroatoms. The van der Waals surface area contributed by atoms with Gasteiger partial charge in [0.05, 0.1) is 22.1 Å². The van der Waals surface area contributed by atoms with Crippen molar-refractivity contribution in [1.29, 1.82) is 0 Å². The maximum atomic E-state index is 13.9. The quantitative estimate of drug-likeness (QED) is 0.112. The van der Waals surface area contributed by atoms with Crippen molar-refractivity contribution >= 4 is 28.8 Å². The van der Waals surface area contributed by atoms with Crippen LogP contribution in [-0.2, 0) is 10.9 Å². The van der Waals surface area contributed by atoms with Crippen LogP contribution in [0.4, 0.5) is 13.2 Å². The summed E-state index contributed by atoms with van der Waals surface area (Å²) < 4.78 is 62.2. The van der Waals surface area contributed by atoms with Crippen molar-refractivity contribution in [2.75, 3.05) is 20.3 Å². The molecular weight excluding hydrogens is 559 g/mol. The lowest BCUT2D eigenvalue weighted by molar-refractivity contribution is -0.154. The van der Waals surface area contributed by atoms with Crippen LogP contribution in [0.2, 0.25) is 0 Å². The third-order valence-electron chi connectivity index (χ3n) is 6.47. The van der Waals surface area contributed by atoms with Gasteiger partial charge in [0.25, 0.3) is 17.6 Å². The number of rotatable bonds is 8. The van der Waals surface area contributed by atoms with E-state index in [0.29, 0.717) is 13.0 Å². The minimum absolute atomic E-state index is 0.0101. The van der Waals surface area contributed by atoms with Crippen molar-refractivity contribution < 1.29 is 46.2 Å². The maximum Gasteiger partial charge on any atom is 0.453 e. The van der Waals surface area contributed by atoms with Crippen LogP contribution < -0.4 is 14.9 Å². The van der Waals surface area contributed by atoms with E-state index in [0.717, 1.165) is 22.6 Å². The molecule has 0 aliphatic carbocycles. The number of aryl methyl sites for hydroxylation is 1. The van der Waals surface area contributed by atoms with E-state index in [1.165, 1.54) is 43.5 Å². The molecular formula is C30H22F3NO8. The van der Waals surface area contributed by atoms with Crippen LogP contribution >= 0.6 is 0 Å². The number of methoxy groups -OCH3 is 1. The summed E-state index contributed by atoms with van der Waals surface area (Å²) in [6.45, 7) is 2.27. The number of hydrogen-bond donors (Lipinski definition) is 0. The summed E-state index contributed by atoms with van der Waals surface area (Å²) in [5, 5.41) is -0.236. The van der Waals surface area contributed by atoms with Gasteiger partial charge in [0.15, 0.2) is 0 Å². The second-order valence-electron chi connectivity index (χ2n) is 9.42. The Hall–Kier alpha value is -4.97. The van der Waals surface area contributed by atoms with Gasteiger partial charge in [-0.05, 0) is 55.8 Å². The molecule has 0 atom stereocenters. The van der Waals surface area contributed by atoms with Gasteiger partial charge in [-0.15, -0.1) is 0 Å². The van der Waals surface area contributed by atoms with E-state index in [2.05, 4.69) is 0 Å². The number of ether oxygens (including phenoxy) is 3. The normalized spacial score (nSPS) is 13.0. The van der Waals surface area contributed by atoms with Crippen molar-refractivity contribution in [3.05, 3.63) is 98.9 Å². The molecule has 1 aromatic heterocycles. The number of benzene rings is 3. The van der Waals surface area contributed by atoms with Crippen LogP contribution in [0.15, 0.2) is 69.9 Å². The molecule has 0 bridgehead atoms. The largest absolute Gasteiger partial charge is 0.453 e. The zero-order chi connectivity index (χ0) is 30.2. The van der Waals surface area contributed by atoms with Crippen molar-refractivity contribution in [3.63, 3.8) is 0 Å². The van der Waals surface area contributed by atoms with Crippen LogP contribution in [0.1, 0.15) is 48.8 Å². The molecule has 0 radical (unpaired) electrons. The Bertz CT molecular complexity index is 1780. The van der Waals surface area contributed by atoms with Crippen LogP contribution in [-0.4, -0.2) is 42.9 Å². The van der Waals surface area contributed by atoms with Gasteiger partial charge < -0.3 is 18.6 Å². The van der Waals surface area contributed by atoms with Crippen LogP contribution in [0.3, 0.4) is 0 Å². The van der Waals surface area contributed by atoms with Crippen molar-refractivity contribution in [1.82, 2.24) is 4.90 Å². The molecule has 9 nitrogen and oxygen atoms in total. The van der Waals surface area contributed by atoms with Gasteiger partial charge in [-0.25, -0.2) is 4.79 Å². The molecule has 4 aromatic rings. The van der Waals surface area contributed by atoms with Crippen molar-refractivity contribution in [3.8, 4) is 17.2 Å². The Balaban J connectivity index is 1.42. The lowest BCUT2D eigenvalue weighted by Crippen LogP contribution is -2.31. The zero-order valence-electron chi connectivity index (χ0n) is 22.2. The number of hydrogen-bond acceptors (Lipinski definition) is 8. The molecule has 0 saturated heterocycles. The van der Waals surface area contributed by atoms with E-state index in [9.17, 15) is 32.3 Å². The fourth-order valence-corrected chi connectivity index (χ4v) is 4.38. The SMILES string of the molecule is COCCCN1C(=O)c2ccc(C(=O)Oc3ccc4c(=O)c(Oc5ccc(C)cc5)c(C(F)(F)F)oc4c3)cc2C1=O. The van der Waals surface area contributed by atoms with Crippen LogP contribution in [0.25, 0.3) is 11.0 Å². The number of carbonyl (C=O) groups is 3. The van der Waals surface area contributed by atoms with Crippen LogP contribution in [0, 0.1) is 6.92 Å². The lowest BCUT2D eigenvalue weighted by Gasteiger charge is -2.14. The van der Waals surface area contributed by atoms with E-state index in [4.69, 9.17) is 18.6 Å². The highest BCUT2D eigenvalue weighted by Gasteiger charge is 2.41. The maximum absolute atomic E-state index is 13.9. The highest BCUT2D eigenvalue weighted by Crippen LogP contribution is 2.39. The summed E-state index contributed by atoms with van der Waals surface area (Å²) in [5.41, 5.74) is -0.648. The number of fused-ring (bicyclic) bond motifs is 2. The predicted octanol–water partition coefficient (Wildman–Crippen LogP) is 5.76. The minimum atomic E-state index is -5.08. The Morgan fingerprint density at radius 2 is 1.60 bits per heavy atom. The second kappa shape index (κ2) is 11.1. The summed E-state index contributed by atoms with van der Waals surface area (Å²) in [6.07, 6.45) is -4.64.